The van der Waals surface area contributed by atoms with Gasteiger partial charge in [0.15, 0.2) is 5.78 Å². The molecule has 7 heteroatoms. The molecule has 0 unspecified atom stereocenters. The maximum Gasteiger partial charge on any atom is 0.417 e. The Morgan fingerprint density at radius 2 is 1.48 bits per heavy atom. The van der Waals surface area contributed by atoms with Crippen molar-refractivity contribution >= 4 is 40.6 Å². The molecule has 0 saturated carbocycles. The molecule has 0 fully saturated rings. The summed E-state index contributed by atoms with van der Waals surface area (Å²) in [5.41, 5.74) is -1.77. The van der Waals surface area contributed by atoms with E-state index in [0.717, 1.165) is 12.1 Å². The van der Waals surface area contributed by atoms with Crippen LogP contribution >= 0.6 is 34.8 Å². The zero-order valence-electron chi connectivity index (χ0n) is 10.1. The van der Waals surface area contributed by atoms with Gasteiger partial charge in [-0.1, -0.05) is 53.0 Å². The summed E-state index contributed by atoms with van der Waals surface area (Å²) in [4.78, 5) is 12.4. The number of alkyl halides is 3. The molecule has 0 aliphatic rings. The minimum atomic E-state index is -4.66. The number of hydrogen-bond acceptors (Lipinski definition) is 1. The molecule has 2 aromatic rings. The maximum atomic E-state index is 13.0. The minimum absolute atomic E-state index is 0.102. The summed E-state index contributed by atoms with van der Waals surface area (Å²) in [6.07, 6.45) is -4.66. The van der Waals surface area contributed by atoms with E-state index in [2.05, 4.69) is 0 Å². The fraction of sp³-hybridized carbons (Fsp3) is 0.0714. The van der Waals surface area contributed by atoms with E-state index in [1.54, 1.807) is 0 Å². The SMILES string of the molecule is O=C(c1ccccc1C(F)(F)F)c1c(Cl)cc(Cl)cc1Cl. The molecule has 0 heterocycles. The van der Waals surface area contributed by atoms with Crippen LogP contribution in [0.1, 0.15) is 21.5 Å². The molecule has 0 aromatic heterocycles. The van der Waals surface area contributed by atoms with Crippen molar-refractivity contribution in [2.45, 2.75) is 6.18 Å². The Balaban J connectivity index is 2.62. The number of carbonyl (C=O) groups excluding carboxylic acids is 1. The number of rotatable bonds is 2. The monoisotopic (exact) mass is 352 g/mol. The van der Waals surface area contributed by atoms with Gasteiger partial charge in [0.1, 0.15) is 0 Å². The molecule has 0 spiro atoms. The molecule has 2 aromatic carbocycles. The van der Waals surface area contributed by atoms with Crippen molar-refractivity contribution in [2.24, 2.45) is 0 Å². The van der Waals surface area contributed by atoms with Gasteiger partial charge in [0.25, 0.3) is 0 Å². The van der Waals surface area contributed by atoms with Crippen LogP contribution in [0, 0.1) is 0 Å². The smallest absolute Gasteiger partial charge is 0.288 e. The standard InChI is InChI=1S/C14H6Cl3F3O/c15-7-5-10(16)12(11(17)6-7)13(21)8-3-1-2-4-9(8)14(18,19)20/h1-6H. The topological polar surface area (TPSA) is 17.1 Å². The molecule has 0 saturated heterocycles. The lowest BCUT2D eigenvalue weighted by Crippen LogP contribution is -2.14. The van der Waals surface area contributed by atoms with Crippen LogP contribution in [0.4, 0.5) is 13.2 Å². The zero-order valence-corrected chi connectivity index (χ0v) is 12.4. The van der Waals surface area contributed by atoms with E-state index in [9.17, 15) is 18.0 Å². The van der Waals surface area contributed by atoms with Crippen LogP contribution in [-0.4, -0.2) is 5.78 Å². The first kappa shape index (κ1) is 16.1. The lowest BCUT2D eigenvalue weighted by atomic mass is 9.98. The third-order valence-electron chi connectivity index (χ3n) is 2.71. The van der Waals surface area contributed by atoms with Crippen molar-refractivity contribution in [1.29, 1.82) is 0 Å². The lowest BCUT2D eigenvalue weighted by molar-refractivity contribution is -0.137. The van der Waals surface area contributed by atoms with Crippen molar-refractivity contribution in [3.8, 4) is 0 Å². The Bertz CT molecular complexity index is 688. The highest BCUT2D eigenvalue weighted by molar-refractivity contribution is 6.43. The number of halogens is 6. The number of ketones is 1. The van der Waals surface area contributed by atoms with Crippen molar-refractivity contribution in [1.82, 2.24) is 0 Å². The Labute approximate surface area is 133 Å². The highest BCUT2D eigenvalue weighted by Crippen LogP contribution is 2.36. The van der Waals surface area contributed by atoms with E-state index < -0.39 is 23.1 Å². The van der Waals surface area contributed by atoms with Crippen LogP contribution in [0.5, 0.6) is 0 Å². The van der Waals surface area contributed by atoms with Gasteiger partial charge in [-0.25, -0.2) is 0 Å². The van der Waals surface area contributed by atoms with Gasteiger partial charge in [-0.2, -0.15) is 13.2 Å². The van der Waals surface area contributed by atoms with Crippen LogP contribution in [-0.2, 0) is 6.18 Å². The molecule has 0 radical (unpaired) electrons. The Kier molecular flexibility index (Phi) is 4.51. The Morgan fingerprint density at radius 3 is 2.00 bits per heavy atom. The van der Waals surface area contributed by atoms with Crippen LogP contribution in [0.2, 0.25) is 15.1 Å². The average molecular weight is 354 g/mol. The fourth-order valence-electron chi connectivity index (χ4n) is 1.82. The summed E-state index contributed by atoms with van der Waals surface area (Å²) in [5.74, 6) is -0.908. The van der Waals surface area contributed by atoms with E-state index in [-0.39, 0.29) is 20.6 Å². The van der Waals surface area contributed by atoms with Gasteiger partial charge in [-0.3, -0.25) is 4.79 Å². The van der Waals surface area contributed by atoms with E-state index in [0.29, 0.717) is 0 Å². The summed E-state index contributed by atoms with van der Waals surface area (Å²) in [7, 11) is 0. The van der Waals surface area contributed by atoms with Crippen LogP contribution in [0.3, 0.4) is 0 Å². The Morgan fingerprint density at radius 1 is 0.952 bits per heavy atom. The summed E-state index contributed by atoms with van der Waals surface area (Å²) in [6.45, 7) is 0. The van der Waals surface area contributed by atoms with Crippen molar-refractivity contribution in [3.63, 3.8) is 0 Å². The summed E-state index contributed by atoms with van der Waals surface area (Å²) < 4.78 is 38.9. The maximum absolute atomic E-state index is 13.0. The summed E-state index contributed by atoms with van der Waals surface area (Å²) in [6, 6.07) is 6.93. The molecule has 0 amide bonds. The van der Waals surface area contributed by atoms with Gasteiger partial charge in [0, 0.05) is 10.6 Å². The number of hydrogen-bond donors (Lipinski definition) is 0. The molecular formula is C14H6Cl3F3O. The molecule has 0 N–H and O–H groups in total. The molecule has 2 rings (SSSR count). The van der Waals surface area contributed by atoms with Gasteiger partial charge >= 0.3 is 6.18 Å². The molecule has 110 valence electrons. The van der Waals surface area contributed by atoms with E-state index in [1.165, 1.54) is 24.3 Å². The third-order valence-corrected chi connectivity index (χ3v) is 3.53. The summed E-state index contributed by atoms with van der Waals surface area (Å²) >= 11 is 17.5. The first-order chi connectivity index (χ1) is 9.71. The molecule has 0 aliphatic heterocycles. The van der Waals surface area contributed by atoms with Gasteiger partial charge < -0.3 is 0 Å². The van der Waals surface area contributed by atoms with Crippen LogP contribution in [0.25, 0.3) is 0 Å². The van der Waals surface area contributed by atoms with Crippen LogP contribution in [0.15, 0.2) is 36.4 Å². The molecule has 0 bridgehead atoms. The highest BCUT2D eigenvalue weighted by Gasteiger charge is 2.35. The van der Waals surface area contributed by atoms with Crippen molar-refractivity contribution in [3.05, 3.63) is 68.2 Å². The average Bonchev–Trinajstić information content (AvgIpc) is 2.36. The van der Waals surface area contributed by atoms with Crippen LogP contribution < -0.4 is 0 Å². The lowest BCUT2D eigenvalue weighted by Gasteiger charge is -2.13. The quantitative estimate of drug-likeness (QED) is 0.615. The van der Waals surface area contributed by atoms with E-state index >= 15 is 0 Å². The van der Waals surface area contributed by atoms with Crippen molar-refractivity contribution < 1.29 is 18.0 Å². The Hall–Kier alpha value is -1.23. The second-order valence-corrected chi connectivity index (χ2v) is 5.37. The van der Waals surface area contributed by atoms with E-state index in [4.69, 9.17) is 34.8 Å². The van der Waals surface area contributed by atoms with Gasteiger partial charge in [-0.05, 0) is 18.2 Å². The van der Waals surface area contributed by atoms with Gasteiger partial charge in [-0.15, -0.1) is 0 Å². The van der Waals surface area contributed by atoms with Gasteiger partial charge in [0.2, 0.25) is 0 Å². The zero-order chi connectivity index (χ0) is 15.8. The molecule has 21 heavy (non-hydrogen) atoms. The summed E-state index contributed by atoms with van der Waals surface area (Å²) in [5, 5.41) is -0.0189. The minimum Gasteiger partial charge on any atom is -0.288 e. The van der Waals surface area contributed by atoms with E-state index in [1.807, 2.05) is 0 Å². The largest absolute Gasteiger partial charge is 0.417 e. The predicted octanol–water partition coefficient (Wildman–Crippen LogP) is 5.90. The third kappa shape index (κ3) is 3.34. The van der Waals surface area contributed by atoms with Gasteiger partial charge in [0.05, 0.1) is 21.2 Å². The number of carbonyl (C=O) groups is 1. The number of benzene rings is 2. The molecule has 1 nitrogen and oxygen atoms in total. The van der Waals surface area contributed by atoms with Crippen molar-refractivity contribution in [2.75, 3.05) is 0 Å². The molecule has 0 atom stereocenters. The highest BCUT2D eigenvalue weighted by atomic mass is 35.5. The first-order valence-electron chi connectivity index (χ1n) is 5.57. The first-order valence-corrected chi connectivity index (χ1v) is 6.70. The molecule has 0 aliphatic carbocycles. The fourth-order valence-corrected chi connectivity index (χ4v) is 2.81. The second kappa shape index (κ2) is 5.87. The molecular weight excluding hydrogens is 348 g/mol. The predicted molar refractivity (Wildman–Crippen MR) is 76.3 cm³/mol. The second-order valence-electron chi connectivity index (χ2n) is 4.12. The normalized spacial score (nSPS) is 11.5.